The molecule has 1 amide bonds. The largest absolute Gasteiger partial charge is 0.352 e. The van der Waals surface area contributed by atoms with Crippen LogP contribution in [0.3, 0.4) is 0 Å². The fourth-order valence-corrected chi connectivity index (χ4v) is 3.62. The SMILES string of the molecule is CC1(N)CCCCC1C(=O)NCc1cccc(NS(C)(=O)=O)c1. The van der Waals surface area contributed by atoms with Crippen LogP contribution in [0.1, 0.15) is 38.2 Å². The Bertz CT molecular complexity index is 671. The Morgan fingerprint density at radius 2 is 2.13 bits per heavy atom. The van der Waals surface area contributed by atoms with Crippen LogP contribution in [0, 0.1) is 5.92 Å². The van der Waals surface area contributed by atoms with Crippen molar-refractivity contribution in [1.29, 1.82) is 0 Å². The summed E-state index contributed by atoms with van der Waals surface area (Å²) in [5.41, 5.74) is 7.11. The molecule has 6 nitrogen and oxygen atoms in total. The lowest BCUT2D eigenvalue weighted by molar-refractivity contribution is -0.128. The van der Waals surface area contributed by atoms with Gasteiger partial charge in [-0.2, -0.15) is 0 Å². The fourth-order valence-electron chi connectivity index (χ4n) is 3.06. The summed E-state index contributed by atoms with van der Waals surface area (Å²) in [6, 6.07) is 6.98. The van der Waals surface area contributed by atoms with Crippen molar-refractivity contribution in [3.63, 3.8) is 0 Å². The van der Waals surface area contributed by atoms with Gasteiger partial charge in [0.1, 0.15) is 0 Å². The van der Waals surface area contributed by atoms with Crippen LogP contribution in [-0.4, -0.2) is 26.1 Å². The van der Waals surface area contributed by atoms with E-state index in [1.54, 1.807) is 18.2 Å². The van der Waals surface area contributed by atoms with Gasteiger partial charge in [0.2, 0.25) is 15.9 Å². The maximum Gasteiger partial charge on any atom is 0.229 e. The number of amides is 1. The second kappa shape index (κ2) is 6.88. The molecule has 0 bridgehead atoms. The normalized spacial score (nSPS) is 24.9. The molecule has 0 spiro atoms. The molecule has 2 rings (SSSR count). The average molecular weight is 339 g/mol. The van der Waals surface area contributed by atoms with Crippen molar-refractivity contribution in [2.24, 2.45) is 11.7 Å². The van der Waals surface area contributed by atoms with Crippen LogP contribution in [0.2, 0.25) is 0 Å². The van der Waals surface area contributed by atoms with Crippen molar-refractivity contribution in [3.8, 4) is 0 Å². The molecule has 1 aromatic rings. The van der Waals surface area contributed by atoms with Gasteiger partial charge in [0.15, 0.2) is 0 Å². The zero-order valence-corrected chi connectivity index (χ0v) is 14.4. The molecule has 2 unspecified atom stereocenters. The Morgan fingerprint density at radius 1 is 1.39 bits per heavy atom. The molecule has 4 N–H and O–H groups in total. The van der Waals surface area contributed by atoms with Crippen LogP contribution in [0.4, 0.5) is 5.69 Å². The van der Waals surface area contributed by atoms with Gasteiger partial charge in [0.25, 0.3) is 0 Å². The Morgan fingerprint density at radius 3 is 2.78 bits per heavy atom. The topological polar surface area (TPSA) is 101 Å². The van der Waals surface area contributed by atoms with E-state index >= 15 is 0 Å². The van der Waals surface area contributed by atoms with Crippen LogP contribution in [0.25, 0.3) is 0 Å². The number of carbonyl (C=O) groups excluding carboxylic acids is 1. The molecule has 0 heterocycles. The standard InChI is InChI=1S/C16H25N3O3S/c1-16(17)9-4-3-8-14(16)15(20)18-11-12-6-5-7-13(10-12)19-23(2,21)22/h5-7,10,14,19H,3-4,8-9,11,17H2,1-2H3,(H,18,20). The predicted molar refractivity (Wildman–Crippen MR) is 91.3 cm³/mol. The van der Waals surface area contributed by atoms with E-state index in [1.165, 1.54) is 0 Å². The smallest absolute Gasteiger partial charge is 0.229 e. The molecule has 1 aliphatic rings. The monoisotopic (exact) mass is 339 g/mol. The van der Waals surface area contributed by atoms with Crippen LogP contribution in [0.15, 0.2) is 24.3 Å². The number of hydrogen-bond acceptors (Lipinski definition) is 4. The summed E-state index contributed by atoms with van der Waals surface area (Å²) >= 11 is 0. The number of carbonyl (C=O) groups is 1. The van der Waals surface area contributed by atoms with Gasteiger partial charge in [-0.15, -0.1) is 0 Å². The lowest BCUT2D eigenvalue weighted by Gasteiger charge is -2.37. The summed E-state index contributed by atoms with van der Waals surface area (Å²) in [5, 5.41) is 2.92. The third-order valence-corrected chi connectivity index (χ3v) is 4.87. The molecule has 1 saturated carbocycles. The molecule has 0 aliphatic heterocycles. The summed E-state index contributed by atoms with van der Waals surface area (Å²) in [6.07, 6.45) is 4.87. The fraction of sp³-hybridized carbons (Fsp3) is 0.562. The van der Waals surface area contributed by atoms with E-state index in [2.05, 4.69) is 10.0 Å². The molecular weight excluding hydrogens is 314 g/mol. The highest BCUT2D eigenvalue weighted by atomic mass is 32.2. The maximum absolute atomic E-state index is 12.4. The summed E-state index contributed by atoms with van der Waals surface area (Å²) in [6.45, 7) is 2.29. The molecule has 0 aromatic heterocycles. The Kier molecular flexibility index (Phi) is 5.31. The molecule has 1 aromatic carbocycles. The number of nitrogens with one attached hydrogen (secondary N) is 2. The quantitative estimate of drug-likeness (QED) is 0.758. The van der Waals surface area contributed by atoms with Gasteiger partial charge in [-0.1, -0.05) is 25.0 Å². The first-order valence-electron chi connectivity index (χ1n) is 7.81. The van der Waals surface area contributed by atoms with E-state index in [0.717, 1.165) is 37.5 Å². The minimum absolute atomic E-state index is 0.0313. The average Bonchev–Trinajstić information content (AvgIpc) is 2.43. The molecule has 2 atom stereocenters. The van der Waals surface area contributed by atoms with Gasteiger partial charge in [0.05, 0.1) is 12.2 Å². The lowest BCUT2D eigenvalue weighted by Crippen LogP contribution is -2.52. The van der Waals surface area contributed by atoms with Gasteiger partial charge in [-0.05, 0) is 37.5 Å². The van der Waals surface area contributed by atoms with Crippen LogP contribution >= 0.6 is 0 Å². The second-order valence-electron chi connectivity index (χ2n) is 6.60. The summed E-state index contributed by atoms with van der Waals surface area (Å²) < 4.78 is 24.9. The zero-order chi connectivity index (χ0) is 17.1. The zero-order valence-electron chi connectivity index (χ0n) is 13.6. The lowest BCUT2D eigenvalue weighted by atomic mass is 9.74. The van der Waals surface area contributed by atoms with Crippen molar-refractivity contribution < 1.29 is 13.2 Å². The maximum atomic E-state index is 12.4. The van der Waals surface area contributed by atoms with E-state index in [0.29, 0.717) is 12.2 Å². The highest BCUT2D eigenvalue weighted by molar-refractivity contribution is 7.92. The van der Waals surface area contributed by atoms with Gasteiger partial charge in [-0.25, -0.2) is 8.42 Å². The Labute approximate surface area is 137 Å². The molecule has 0 radical (unpaired) electrons. The minimum atomic E-state index is -3.31. The van der Waals surface area contributed by atoms with Crippen LogP contribution in [0.5, 0.6) is 0 Å². The first-order chi connectivity index (χ1) is 10.7. The first-order valence-corrected chi connectivity index (χ1v) is 9.70. The number of rotatable bonds is 5. The summed E-state index contributed by atoms with van der Waals surface area (Å²) in [7, 11) is -3.31. The van der Waals surface area contributed by atoms with Crippen LogP contribution in [-0.2, 0) is 21.4 Å². The second-order valence-corrected chi connectivity index (χ2v) is 8.35. The predicted octanol–water partition coefficient (Wildman–Crippen LogP) is 1.58. The van der Waals surface area contributed by atoms with E-state index in [4.69, 9.17) is 5.73 Å². The number of nitrogens with two attached hydrogens (primary N) is 1. The molecule has 0 saturated heterocycles. The molecule has 1 aliphatic carbocycles. The van der Waals surface area contributed by atoms with Gasteiger partial charge < -0.3 is 11.1 Å². The van der Waals surface area contributed by atoms with E-state index in [9.17, 15) is 13.2 Å². The third-order valence-electron chi connectivity index (χ3n) is 4.27. The van der Waals surface area contributed by atoms with E-state index < -0.39 is 15.6 Å². The summed E-state index contributed by atoms with van der Waals surface area (Å²) in [4.78, 5) is 12.4. The Hall–Kier alpha value is -1.60. The van der Waals surface area contributed by atoms with Crippen LogP contribution < -0.4 is 15.8 Å². The van der Waals surface area contributed by atoms with E-state index in [-0.39, 0.29) is 11.8 Å². The van der Waals surface area contributed by atoms with Gasteiger partial charge >= 0.3 is 0 Å². The summed E-state index contributed by atoms with van der Waals surface area (Å²) in [5.74, 6) is -0.204. The molecule has 1 fully saturated rings. The van der Waals surface area contributed by atoms with E-state index in [1.807, 2.05) is 13.0 Å². The number of sulfonamides is 1. The van der Waals surface area contributed by atoms with Crippen molar-refractivity contribution >= 4 is 21.6 Å². The Balaban J connectivity index is 1.98. The first kappa shape index (κ1) is 17.7. The molecule has 23 heavy (non-hydrogen) atoms. The number of anilines is 1. The van der Waals surface area contributed by atoms with Crippen molar-refractivity contribution in [3.05, 3.63) is 29.8 Å². The number of benzene rings is 1. The molecular formula is C16H25N3O3S. The highest BCUT2D eigenvalue weighted by Gasteiger charge is 2.37. The third kappa shape index (κ3) is 5.21. The number of hydrogen-bond donors (Lipinski definition) is 3. The molecule has 7 heteroatoms. The van der Waals surface area contributed by atoms with Crippen molar-refractivity contribution in [2.45, 2.75) is 44.7 Å². The van der Waals surface area contributed by atoms with Gasteiger partial charge in [0, 0.05) is 17.8 Å². The van der Waals surface area contributed by atoms with Gasteiger partial charge in [-0.3, -0.25) is 9.52 Å². The van der Waals surface area contributed by atoms with Crippen molar-refractivity contribution in [1.82, 2.24) is 5.32 Å². The minimum Gasteiger partial charge on any atom is -0.352 e. The van der Waals surface area contributed by atoms with Crippen molar-refractivity contribution in [2.75, 3.05) is 11.0 Å². The molecule has 128 valence electrons. The highest BCUT2D eigenvalue weighted by Crippen LogP contribution is 2.31.